The lowest BCUT2D eigenvalue weighted by molar-refractivity contribution is 0.414. The van der Waals surface area contributed by atoms with Crippen molar-refractivity contribution in [3.05, 3.63) is 0 Å². The Labute approximate surface area is 168 Å². The normalized spacial score (nSPS) is 15.5. The van der Waals surface area contributed by atoms with Crippen molar-refractivity contribution in [2.45, 2.75) is 95.1 Å². The minimum atomic E-state index is 0.262. The number of rotatable bonds is 17. The topological polar surface area (TPSA) is 0 Å². The Kier molecular flexibility index (Phi) is 17.9. The number of unbranched alkanes of at least 4 members (excludes halogenated alkanes) is 6. The van der Waals surface area contributed by atoms with Gasteiger partial charge in [0, 0.05) is 4.75 Å². The van der Waals surface area contributed by atoms with Gasteiger partial charge < -0.3 is 0 Å². The predicted octanol–water partition coefficient (Wildman–Crippen LogP) is 7.15. The summed E-state index contributed by atoms with van der Waals surface area (Å²) in [5, 5.41) is 0. The van der Waals surface area contributed by atoms with Crippen LogP contribution in [0, 0.1) is 5.92 Å². The molecule has 0 aliphatic heterocycles. The highest BCUT2D eigenvalue weighted by atomic mass is 32.1. The minimum Gasteiger partial charge on any atom is -0.179 e. The Morgan fingerprint density at radius 3 is 1.61 bits per heavy atom. The fourth-order valence-electron chi connectivity index (χ4n) is 3.08. The Hall–Kier alpha value is 1.40. The molecule has 0 bridgehead atoms. The van der Waals surface area contributed by atoms with Gasteiger partial charge in [-0.15, -0.1) is 0 Å². The average Bonchev–Trinajstić information content (AvgIpc) is 2.55. The lowest BCUT2D eigenvalue weighted by Crippen LogP contribution is -2.22. The molecule has 0 aromatic carbocycles. The largest absolute Gasteiger partial charge is 0.179 e. The average molecular weight is 397 g/mol. The summed E-state index contributed by atoms with van der Waals surface area (Å²) in [5.74, 6) is 3.82. The summed E-state index contributed by atoms with van der Waals surface area (Å²) >= 11 is 18.1. The first-order chi connectivity index (χ1) is 11.1. The zero-order chi connectivity index (χ0) is 17.4. The standard InChI is InChI=1S/C19H40S4/c1-18(17-22)11-5-2-3-6-12-19(23,14-8-10-16-21)13-7-4-9-15-20/h18,20-23H,2-17H2,1H3. The molecule has 0 aromatic rings. The van der Waals surface area contributed by atoms with E-state index < -0.39 is 0 Å². The van der Waals surface area contributed by atoms with Crippen molar-refractivity contribution in [1.29, 1.82) is 0 Å². The molecule has 23 heavy (non-hydrogen) atoms. The van der Waals surface area contributed by atoms with E-state index in [9.17, 15) is 0 Å². The summed E-state index contributed by atoms with van der Waals surface area (Å²) in [5.41, 5.74) is 0. The highest BCUT2D eigenvalue weighted by Crippen LogP contribution is 2.34. The second-order valence-electron chi connectivity index (χ2n) is 7.18. The summed E-state index contributed by atoms with van der Waals surface area (Å²) < 4.78 is 0.262. The third-order valence-electron chi connectivity index (χ3n) is 4.75. The molecule has 0 aliphatic carbocycles. The van der Waals surface area contributed by atoms with Crippen LogP contribution in [0.25, 0.3) is 0 Å². The predicted molar refractivity (Wildman–Crippen MR) is 122 cm³/mol. The number of hydrogen-bond acceptors (Lipinski definition) is 4. The molecule has 0 heterocycles. The lowest BCUT2D eigenvalue weighted by atomic mass is 9.89. The highest BCUT2D eigenvalue weighted by Gasteiger charge is 2.23. The van der Waals surface area contributed by atoms with Crippen LogP contribution in [0.4, 0.5) is 0 Å². The van der Waals surface area contributed by atoms with E-state index in [0.29, 0.717) is 0 Å². The number of thiol groups is 4. The van der Waals surface area contributed by atoms with Crippen molar-refractivity contribution in [1.82, 2.24) is 0 Å². The van der Waals surface area contributed by atoms with Gasteiger partial charge in [-0.3, -0.25) is 0 Å². The molecule has 0 spiro atoms. The van der Waals surface area contributed by atoms with Crippen molar-refractivity contribution in [3.8, 4) is 0 Å². The van der Waals surface area contributed by atoms with E-state index in [-0.39, 0.29) is 4.75 Å². The van der Waals surface area contributed by atoms with Crippen LogP contribution < -0.4 is 0 Å². The van der Waals surface area contributed by atoms with Gasteiger partial charge in [-0.05, 0) is 61.7 Å². The molecular formula is C19H40S4. The molecule has 0 radical (unpaired) electrons. The van der Waals surface area contributed by atoms with Gasteiger partial charge in [0.25, 0.3) is 0 Å². The Morgan fingerprint density at radius 1 is 0.652 bits per heavy atom. The van der Waals surface area contributed by atoms with Gasteiger partial charge >= 0.3 is 0 Å². The lowest BCUT2D eigenvalue weighted by Gasteiger charge is -2.29. The molecule has 0 fully saturated rings. The first kappa shape index (κ1) is 24.4. The van der Waals surface area contributed by atoms with Crippen molar-refractivity contribution in [2.24, 2.45) is 5.92 Å². The zero-order valence-electron chi connectivity index (χ0n) is 15.2. The van der Waals surface area contributed by atoms with Gasteiger partial charge in [0.2, 0.25) is 0 Å². The summed E-state index contributed by atoms with van der Waals surface area (Å²) in [6.07, 6.45) is 17.0. The Morgan fingerprint density at radius 2 is 1.09 bits per heavy atom. The van der Waals surface area contributed by atoms with Crippen LogP contribution in [0.5, 0.6) is 0 Å². The molecule has 0 saturated carbocycles. The molecule has 0 nitrogen and oxygen atoms in total. The van der Waals surface area contributed by atoms with Gasteiger partial charge in [-0.1, -0.05) is 51.9 Å². The van der Waals surface area contributed by atoms with Crippen LogP contribution in [0.15, 0.2) is 0 Å². The second kappa shape index (κ2) is 16.8. The maximum Gasteiger partial charge on any atom is 0.0130 e. The molecule has 140 valence electrons. The molecule has 0 rings (SSSR count). The molecular weight excluding hydrogens is 356 g/mol. The zero-order valence-corrected chi connectivity index (χ0v) is 18.8. The molecule has 0 amide bonds. The van der Waals surface area contributed by atoms with Crippen LogP contribution >= 0.6 is 50.5 Å². The van der Waals surface area contributed by atoms with Crippen molar-refractivity contribution in [2.75, 3.05) is 17.3 Å². The maximum absolute atomic E-state index is 5.11. The molecule has 2 unspecified atom stereocenters. The first-order valence-electron chi connectivity index (χ1n) is 9.63. The summed E-state index contributed by atoms with van der Waals surface area (Å²) in [4.78, 5) is 0. The summed E-state index contributed by atoms with van der Waals surface area (Å²) in [6, 6.07) is 0. The van der Waals surface area contributed by atoms with Crippen LogP contribution in [-0.4, -0.2) is 22.0 Å². The van der Waals surface area contributed by atoms with Crippen molar-refractivity contribution < 1.29 is 0 Å². The van der Waals surface area contributed by atoms with E-state index in [1.54, 1.807) is 0 Å². The third kappa shape index (κ3) is 15.4. The summed E-state index contributed by atoms with van der Waals surface area (Å²) in [7, 11) is 0. The molecule has 0 saturated heterocycles. The molecule has 4 heteroatoms. The smallest absolute Gasteiger partial charge is 0.0130 e. The van der Waals surface area contributed by atoms with Crippen LogP contribution in [0.2, 0.25) is 0 Å². The SMILES string of the molecule is CC(CS)CCCCCCC(S)(CCCCS)CCCCCS. The third-order valence-corrected chi connectivity index (χ3v) is 6.68. The summed E-state index contributed by atoms with van der Waals surface area (Å²) in [6.45, 7) is 2.30. The fraction of sp³-hybridized carbons (Fsp3) is 1.00. The van der Waals surface area contributed by atoms with E-state index >= 15 is 0 Å². The van der Waals surface area contributed by atoms with Gasteiger partial charge in [0.15, 0.2) is 0 Å². The highest BCUT2D eigenvalue weighted by molar-refractivity contribution is 7.81. The quantitative estimate of drug-likeness (QED) is 0.146. The van der Waals surface area contributed by atoms with E-state index in [0.717, 1.165) is 23.2 Å². The fourth-order valence-corrected chi connectivity index (χ4v) is 4.18. The maximum atomic E-state index is 5.11. The molecule has 2 atom stereocenters. The Balaban J connectivity index is 3.94. The van der Waals surface area contributed by atoms with E-state index in [1.807, 2.05) is 0 Å². The van der Waals surface area contributed by atoms with Crippen LogP contribution in [0.1, 0.15) is 90.4 Å². The van der Waals surface area contributed by atoms with Gasteiger partial charge in [0.1, 0.15) is 0 Å². The van der Waals surface area contributed by atoms with Gasteiger partial charge in [-0.2, -0.15) is 50.5 Å². The van der Waals surface area contributed by atoms with E-state index in [4.69, 9.17) is 12.6 Å². The monoisotopic (exact) mass is 396 g/mol. The molecule has 0 aliphatic rings. The number of hydrogen-bond donors (Lipinski definition) is 4. The molecule has 0 aromatic heterocycles. The second-order valence-corrected chi connectivity index (χ2v) is 9.39. The molecule has 0 N–H and O–H groups in total. The van der Waals surface area contributed by atoms with Crippen molar-refractivity contribution in [3.63, 3.8) is 0 Å². The van der Waals surface area contributed by atoms with E-state index in [1.165, 1.54) is 83.5 Å². The first-order valence-corrected chi connectivity index (χ1v) is 12.0. The Bertz CT molecular complexity index is 248. The van der Waals surface area contributed by atoms with Crippen molar-refractivity contribution >= 4 is 50.5 Å². The minimum absolute atomic E-state index is 0.262. The van der Waals surface area contributed by atoms with Crippen LogP contribution in [0.3, 0.4) is 0 Å². The van der Waals surface area contributed by atoms with Gasteiger partial charge in [0.05, 0.1) is 0 Å². The van der Waals surface area contributed by atoms with Gasteiger partial charge in [-0.25, -0.2) is 0 Å². The van der Waals surface area contributed by atoms with Crippen LogP contribution in [-0.2, 0) is 0 Å². The van der Waals surface area contributed by atoms with E-state index in [2.05, 4.69) is 44.8 Å².